The predicted molar refractivity (Wildman–Crippen MR) is 85.2 cm³/mol. The maximum atomic E-state index is 5.95. The Kier molecular flexibility index (Phi) is 4.42. The van der Waals surface area contributed by atoms with E-state index in [1.165, 1.54) is 41.5 Å². The van der Waals surface area contributed by atoms with Gasteiger partial charge in [0, 0.05) is 23.2 Å². The van der Waals surface area contributed by atoms with Crippen LogP contribution in [0, 0.1) is 0 Å². The van der Waals surface area contributed by atoms with Gasteiger partial charge in [0.1, 0.15) is 0 Å². The molecule has 2 heterocycles. The molecule has 0 bridgehead atoms. The maximum absolute atomic E-state index is 5.95. The summed E-state index contributed by atoms with van der Waals surface area (Å²) in [5, 5.41) is 3.76. The second-order valence-corrected chi connectivity index (χ2v) is 6.64. The minimum absolute atomic E-state index is 0.685. The summed E-state index contributed by atoms with van der Waals surface area (Å²) in [5.74, 6) is 0.783. The Labute approximate surface area is 124 Å². The van der Waals surface area contributed by atoms with E-state index in [9.17, 15) is 0 Å². The zero-order valence-electron chi connectivity index (χ0n) is 11.1. The van der Waals surface area contributed by atoms with E-state index in [-0.39, 0.29) is 0 Å². The Balaban J connectivity index is 1.79. The molecule has 0 amide bonds. The lowest BCUT2D eigenvalue weighted by Gasteiger charge is -2.35. The molecule has 1 aromatic heterocycles. The molecule has 19 heavy (non-hydrogen) atoms. The van der Waals surface area contributed by atoms with Crippen molar-refractivity contribution < 1.29 is 0 Å². The minimum Gasteiger partial charge on any atom is -0.296 e. The topological polar surface area (TPSA) is 3.24 Å². The van der Waals surface area contributed by atoms with Gasteiger partial charge in [-0.25, -0.2) is 0 Å². The highest BCUT2D eigenvalue weighted by molar-refractivity contribution is 7.17. The van der Waals surface area contributed by atoms with Crippen LogP contribution in [0.25, 0.3) is 10.1 Å². The van der Waals surface area contributed by atoms with E-state index in [1.807, 2.05) is 11.3 Å². The van der Waals surface area contributed by atoms with Crippen LogP contribution in [0.15, 0.2) is 29.6 Å². The fraction of sp³-hybridized carbons (Fsp3) is 0.500. The third-order valence-electron chi connectivity index (χ3n) is 4.13. The van der Waals surface area contributed by atoms with Gasteiger partial charge in [0.2, 0.25) is 0 Å². The van der Waals surface area contributed by atoms with Gasteiger partial charge in [0.25, 0.3) is 0 Å². The summed E-state index contributed by atoms with van der Waals surface area (Å²) in [7, 11) is 0. The Morgan fingerprint density at radius 2 is 2.16 bits per heavy atom. The van der Waals surface area contributed by atoms with Gasteiger partial charge in [-0.05, 0) is 48.2 Å². The number of hydrogen-bond acceptors (Lipinski definition) is 2. The first-order chi connectivity index (χ1) is 9.38. The Bertz CT molecular complexity index is 534. The van der Waals surface area contributed by atoms with E-state index in [0.717, 1.165) is 18.8 Å². The van der Waals surface area contributed by atoms with E-state index in [1.54, 1.807) is 0 Å². The molecule has 3 rings (SSSR count). The number of likely N-dealkylation sites (tertiary alicyclic amines) is 1. The lowest BCUT2D eigenvalue weighted by atomic mass is 9.99. The standard InChI is InChI=1S/C16H20ClNS/c17-9-8-14-5-3-4-10-18(14)11-13-12-19-16-7-2-1-6-15(13)16/h1-2,6-7,12,14H,3-5,8-11H2. The van der Waals surface area contributed by atoms with Gasteiger partial charge < -0.3 is 0 Å². The van der Waals surface area contributed by atoms with Crippen LogP contribution in [0.3, 0.4) is 0 Å². The smallest absolute Gasteiger partial charge is 0.0346 e. The molecule has 0 saturated carbocycles. The molecule has 1 aliphatic heterocycles. The number of benzene rings is 1. The largest absolute Gasteiger partial charge is 0.296 e. The molecule has 102 valence electrons. The van der Waals surface area contributed by atoms with Crippen molar-refractivity contribution >= 4 is 33.0 Å². The molecule has 0 aliphatic carbocycles. The number of rotatable bonds is 4. The molecular weight excluding hydrogens is 274 g/mol. The number of hydrogen-bond donors (Lipinski definition) is 0. The lowest BCUT2D eigenvalue weighted by Crippen LogP contribution is -2.39. The first kappa shape index (κ1) is 13.4. The molecule has 1 unspecified atom stereocenters. The zero-order chi connectivity index (χ0) is 13.1. The van der Waals surface area contributed by atoms with Crippen molar-refractivity contribution in [2.45, 2.75) is 38.3 Å². The summed E-state index contributed by atoms with van der Waals surface area (Å²) >= 11 is 7.82. The van der Waals surface area contributed by atoms with Gasteiger partial charge in [-0.1, -0.05) is 24.6 Å². The first-order valence-electron chi connectivity index (χ1n) is 7.13. The average molecular weight is 294 g/mol. The number of halogens is 1. The third kappa shape index (κ3) is 2.96. The fourth-order valence-corrected chi connectivity index (χ4v) is 4.30. The Morgan fingerprint density at radius 3 is 3.05 bits per heavy atom. The number of fused-ring (bicyclic) bond motifs is 1. The quantitative estimate of drug-likeness (QED) is 0.726. The monoisotopic (exact) mass is 293 g/mol. The van der Waals surface area contributed by atoms with Crippen LogP contribution in [-0.4, -0.2) is 23.4 Å². The molecule has 0 spiro atoms. The van der Waals surface area contributed by atoms with Crippen molar-refractivity contribution in [2.75, 3.05) is 12.4 Å². The highest BCUT2D eigenvalue weighted by atomic mass is 35.5. The van der Waals surface area contributed by atoms with Crippen molar-refractivity contribution in [3.8, 4) is 0 Å². The van der Waals surface area contributed by atoms with Crippen LogP contribution in [0.4, 0.5) is 0 Å². The number of thiophene rings is 1. The van der Waals surface area contributed by atoms with Crippen LogP contribution in [0.1, 0.15) is 31.2 Å². The minimum atomic E-state index is 0.685. The van der Waals surface area contributed by atoms with Crippen LogP contribution < -0.4 is 0 Å². The van der Waals surface area contributed by atoms with Crippen molar-refractivity contribution in [2.24, 2.45) is 0 Å². The van der Waals surface area contributed by atoms with Crippen LogP contribution in [-0.2, 0) is 6.54 Å². The van der Waals surface area contributed by atoms with Crippen molar-refractivity contribution in [1.29, 1.82) is 0 Å². The molecule has 0 N–H and O–H groups in total. The summed E-state index contributed by atoms with van der Waals surface area (Å²) in [5.41, 5.74) is 1.49. The first-order valence-corrected chi connectivity index (χ1v) is 8.55. The molecule has 1 fully saturated rings. The van der Waals surface area contributed by atoms with Gasteiger partial charge in [-0.3, -0.25) is 4.90 Å². The average Bonchev–Trinajstić information content (AvgIpc) is 2.85. The van der Waals surface area contributed by atoms with Crippen molar-refractivity contribution in [1.82, 2.24) is 4.90 Å². The van der Waals surface area contributed by atoms with Crippen molar-refractivity contribution in [3.63, 3.8) is 0 Å². The second-order valence-electron chi connectivity index (χ2n) is 5.35. The molecule has 2 aromatic rings. The van der Waals surface area contributed by atoms with Gasteiger partial charge in [-0.15, -0.1) is 22.9 Å². The second kappa shape index (κ2) is 6.25. The highest BCUT2D eigenvalue weighted by Crippen LogP contribution is 2.29. The molecule has 1 atom stereocenters. The summed E-state index contributed by atoms with van der Waals surface area (Å²) < 4.78 is 1.41. The van der Waals surface area contributed by atoms with Gasteiger partial charge in [-0.2, -0.15) is 0 Å². The molecule has 1 aliphatic rings. The van der Waals surface area contributed by atoms with E-state index in [0.29, 0.717) is 6.04 Å². The molecular formula is C16H20ClNS. The van der Waals surface area contributed by atoms with Gasteiger partial charge >= 0.3 is 0 Å². The molecule has 3 heteroatoms. The zero-order valence-corrected chi connectivity index (χ0v) is 12.7. The predicted octanol–water partition coefficient (Wildman–Crippen LogP) is 4.88. The molecule has 1 aromatic carbocycles. The summed E-state index contributed by atoms with van der Waals surface area (Å²) in [6.07, 6.45) is 5.14. The Hall–Kier alpha value is -0.570. The van der Waals surface area contributed by atoms with Gasteiger partial charge in [0.15, 0.2) is 0 Å². The number of nitrogens with zero attached hydrogens (tertiary/aromatic N) is 1. The van der Waals surface area contributed by atoms with E-state index in [2.05, 4.69) is 34.5 Å². The highest BCUT2D eigenvalue weighted by Gasteiger charge is 2.22. The Morgan fingerprint density at radius 1 is 1.26 bits per heavy atom. The summed E-state index contributed by atoms with van der Waals surface area (Å²) in [4.78, 5) is 2.64. The third-order valence-corrected chi connectivity index (χ3v) is 5.36. The maximum Gasteiger partial charge on any atom is 0.0346 e. The SMILES string of the molecule is ClCCC1CCCCN1Cc1csc2ccccc12. The fourth-order valence-electron chi connectivity index (χ4n) is 3.10. The van der Waals surface area contributed by atoms with E-state index < -0.39 is 0 Å². The number of alkyl halides is 1. The van der Waals surface area contributed by atoms with E-state index >= 15 is 0 Å². The molecule has 0 radical (unpaired) electrons. The van der Waals surface area contributed by atoms with Crippen LogP contribution in [0.2, 0.25) is 0 Å². The molecule has 1 saturated heterocycles. The van der Waals surface area contributed by atoms with Crippen molar-refractivity contribution in [3.05, 3.63) is 35.2 Å². The van der Waals surface area contributed by atoms with E-state index in [4.69, 9.17) is 11.6 Å². The number of piperidine rings is 1. The van der Waals surface area contributed by atoms with Gasteiger partial charge in [0.05, 0.1) is 0 Å². The lowest BCUT2D eigenvalue weighted by molar-refractivity contribution is 0.137. The molecule has 1 nitrogen and oxygen atoms in total. The van der Waals surface area contributed by atoms with Crippen LogP contribution >= 0.6 is 22.9 Å². The van der Waals surface area contributed by atoms with Crippen LogP contribution in [0.5, 0.6) is 0 Å². The summed E-state index contributed by atoms with van der Waals surface area (Å²) in [6.45, 7) is 2.32. The normalized spacial score (nSPS) is 21.0. The summed E-state index contributed by atoms with van der Waals surface area (Å²) in [6, 6.07) is 9.42.